The lowest BCUT2D eigenvalue weighted by Crippen LogP contribution is -2.30. The number of rotatable bonds is 71. The average molecular weight is 1310 g/mol. The van der Waals surface area contributed by atoms with Gasteiger partial charge in [-0.15, -0.1) is 0 Å². The second kappa shape index (κ2) is 64.8. The van der Waals surface area contributed by atoms with Crippen LogP contribution < -0.4 is 0 Å². The zero-order valence-corrected chi connectivity index (χ0v) is 59.2. The highest BCUT2D eigenvalue weighted by Gasteiger charge is 2.30. The summed E-state index contributed by atoms with van der Waals surface area (Å²) in [6, 6.07) is 0. The molecule has 89 heavy (non-hydrogen) atoms. The topological polar surface area (TPSA) is 237 Å². The third kappa shape index (κ3) is 64.6. The van der Waals surface area contributed by atoms with Crippen molar-refractivity contribution in [1.29, 1.82) is 0 Å². The number of aliphatic hydroxyl groups excluding tert-OH is 1. The Morgan fingerprint density at radius 3 is 0.663 bits per heavy atom. The molecule has 0 heterocycles. The average Bonchev–Trinajstić information content (AvgIpc) is 3.52. The lowest BCUT2D eigenvalue weighted by atomic mass is 10.0. The van der Waals surface area contributed by atoms with Crippen molar-refractivity contribution in [3.63, 3.8) is 0 Å². The standard InChI is InChI=1S/C70H136O17P2/c1-5-9-13-17-20-23-25-27-28-29-30-31-32-33-34-35-37-39-42-45-49-53-57-70(75)87-66(61-81-68(73)55-51-47-43-41-38-36-26-24-21-18-14-10-6-2)63-85-89(78,79)83-59-64(71)58-82-88(76,77)84-62-65(60-80-67(72)54-50-46-16-12-8-4)86-69(74)56-52-48-44-40-22-19-15-11-7-3/h64-66,71H,5-63H2,1-4H3,(H,76,77)(H,78,79)/t64-,65+,66+/m0/s1. The molecule has 19 heteroatoms. The van der Waals surface area contributed by atoms with Crippen LogP contribution in [0.25, 0.3) is 0 Å². The summed E-state index contributed by atoms with van der Waals surface area (Å²) < 4.78 is 68.0. The molecule has 0 aliphatic rings. The molecule has 0 aliphatic carbocycles. The Labute approximate surface area is 543 Å². The fraction of sp³-hybridized carbons (Fsp3) is 0.943. The minimum absolute atomic E-state index is 0.105. The molecule has 0 spiro atoms. The van der Waals surface area contributed by atoms with Crippen LogP contribution in [0, 0.1) is 0 Å². The van der Waals surface area contributed by atoms with Gasteiger partial charge in [0.25, 0.3) is 0 Å². The number of esters is 4. The molecule has 0 aromatic rings. The molecule has 0 rings (SSSR count). The van der Waals surface area contributed by atoms with Gasteiger partial charge >= 0.3 is 39.5 Å². The SMILES string of the molecule is CCCCCCCCCCCCCCCCCCCCCCCCC(=O)O[C@H](COC(=O)CCCCCCCCCCCCCCC)COP(=O)(O)OC[C@@H](O)COP(=O)(O)OC[C@@H](COC(=O)CCCCCCC)OC(=O)CCCCCCCCCCC. The molecule has 2 unspecified atom stereocenters. The number of aliphatic hydroxyl groups is 1. The second-order valence-electron chi connectivity index (χ2n) is 25.3. The van der Waals surface area contributed by atoms with Crippen molar-refractivity contribution >= 4 is 39.5 Å². The Morgan fingerprint density at radius 1 is 0.270 bits per heavy atom. The summed E-state index contributed by atoms with van der Waals surface area (Å²) in [5.74, 6) is -2.14. The van der Waals surface area contributed by atoms with Crippen LogP contribution in [0.5, 0.6) is 0 Å². The van der Waals surface area contributed by atoms with Crippen LogP contribution in [0.1, 0.15) is 368 Å². The maximum Gasteiger partial charge on any atom is 0.472 e. The van der Waals surface area contributed by atoms with Crippen molar-refractivity contribution in [3.8, 4) is 0 Å². The largest absolute Gasteiger partial charge is 0.472 e. The number of carbonyl (C=O) groups excluding carboxylic acids is 4. The predicted molar refractivity (Wildman–Crippen MR) is 359 cm³/mol. The van der Waals surface area contributed by atoms with Crippen molar-refractivity contribution in [3.05, 3.63) is 0 Å². The van der Waals surface area contributed by atoms with Crippen molar-refractivity contribution in [2.45, 2.75) is 386 Å². The summed E-state index contributed by atoms with van der Waals surface area (Å²) in [7, 11) is -9.88. The number of ether oxygens (including phenoxy) is 4. The smallest absolute Gasteiger partial charge is 0.462 e. The van der Waals surface area contributed by atoms with Gasteiger partial charge in [0.05, 0.1) is 26.4 Å². The number of hydrogen-bond donors (Lipinski definition) is 3. The van der Waals surface area contributed by atoms with E-state index in [1.165, 1.54) is 193 Å². The molecule has 0 saturated carbocycles. The second-order valence-corrected chi connectivity index (χ2v) is 28.2. The fourth-order valence-electron chi connectivity index (χ4n) is 10.7. The van der Waals surface area contributed by atoms with Crippen LogP contribution >= 0.6 is 15.6 Å². The summed E-state index contributed by atoms with van der Waals surface area (Å²) in [6.45, 7) is 4.83. The van der Waals surface area contributed by atoms with E-state index < -0.39 is 97.5 Å². The normalized spacial score (nSPS) is 14.0. The third-order valence-electron chi connectivity index (χ3n) is 16.4. The monoisotopic (exact) mass is 1310 g/mol. The van der Waals surface area contributed by atoms with Crippen molar-refractivity contribution < 1.29 is 80.2 Å². The third-order valence-corrected chi connectivity index (χ3v) is 18.3. The first-order valence-electron chi connectivity index (χ1n) is 36.8. The Morgan fingerprint density at radius 2 is 0.449 bits per heavy atom. The number of carbonyl (C=O) groups is 4. The Kier molecular flexibility index (Phi) is 63.3. The van der Waals surface area contributed by atoms with Gasteiger partial charge in [-0.2, -0.15) is 0 Å². The van der Waals surface area contributed by atoms with Gasteiger partial charge in [0.2, 0.25) is 0 Å². The molecule has 5 atom stereocenters. The highest BCUT2D eigenvalue weighted by Crippen LogP contribution is 2.45. The van der Waals surface area contributed by atoms with E-state index in [0.29, 0.717) is 25.7 Å². The summed E-state index contributed by atoms with van der Waals surface area (Å²) in [5.41, 5.74) is 0. The number of phosphoric ester groups is 2. The molecule has 0 aromatic heterocycles. The van der Waals surface area contributed by atoms with E-state index in [0.717, 1.165) is 96.3 Å². The fourth-order valence-corrected chi connectivity index (χ4v) is 12.3. The molecule has 528 valence electrons. The summed E-state index contributed by atoms with van der Waals surface area (Å²) in [4.78, 5) is 72.1. The van der Waals surface area contributed by atoms with Gasteiger partial charge in [-0.1, -0.05) is 317 Å². The Bertz CT molecular complexity index is 1710. The lowest BCUT2D eigenvalue weighted by molar-refractivity contribution is -0.161. The summed E-state index contributed by atoms with van der Waals surface area (Å²) in [6.07, 6.45) is 53.3. The zero-order chi connectivity index (χ0) is 65.4. The summed E-state index contributed by atoms with van der Waals surface area (Å²) in [5, 5.41) is 10.5. The first kappa shape index (κ1) is 87.1. The molecule has 0 amide bonds. The first-order chi connectivity index (χ1) is 43.2. The van der Waals surface area contributed by atoms with Gasteiger partial charge in [0, 0.05) is 25.7 Å². The molecular formula is C70H136O17P2. The van der Waals surface area contributed by atoms with E-state index in [1.807, 2.05) is 0 Å². The van der Waals surface area contributed by atoms with E-state index in [-0.39, 0.29) is 25.7 Å². The Hall–Kier alpha value is -1.94. The van der Waals surface area contributed by atoms with E-state index in [1.54, 1.807) is 0 Å². The Balaban J connectivity index is 5.07. The van der Waals surface area contributed by atoms with E-state index >= 15 is 0 Å². The van der Waals surface area contributed by atoms with Crippen molar-refractivity contribution in [2.24, 2.45) is 0 Å². The number of hydrogen-bond acceptors (Lipinski definition) is 15. The van der Waals surface area contributed by atoms with Crippen LogP contribution in [0.4, 0.5) is 0 Å². The van der Waals surface area contributed by atoms with Crippen LogP contribution in [0.15, 0.2) is 0 Å². The number of phosphoric acid groups is 2. The van der Waals surface area contributed by atoms with Crippen LogP contribution in [-0.2, 0) is 65.4 Å². The molecule has 0 aromatic carbocycles. The molecule has 0 bridgehead atoms. The van der Waals surface area contributed by atoms with E-state index in [9.17, 15) is 43.2 Å². The highest BCUT2D eigenvalue weighted by molar-refractivity contribution is 7.47. The van der Waals surface area contributed by atoms with Gasteiger partial charge in [-0.25, -0.2) is 9.13 Å². The minimum atomic E-state index is -4.95. The summed E-state index contributed by atoms with van der Waals surface area (Å²) >= 11 is 0. The van der Waals surface area contributed by atoms with Gasteiger partial charge in [0.15, 0.2) is 12.2 Å². The molecule has 0 saturated heterocycles. The van der Waals surface area contributed by atoms with Gasteiger partial charge in [0.1, 0.15) is 19.3 Å². The van der Waals surface area contributed by atoms with Crippen LogP contribution in [-0.4, -0.2) is 96.7 Å². The predicted octanol–water partition coefficient (Wildman–Crippen LogP) is 20.3. The maximum absolute atomic E-state index is 13.0. The molecule has 0 fully saturated rings. The maximum atomic E-state index is 13.0. The van der Waals surface area contributed by atoms with E-state index in [4.69, 9.17) is 37.0 Å². The van der Waals surface area contributed by atoms with Crippen LogP contribution in [0.3, 0.4) is 0 Å². The van der Waals surface area contributed by atoms with Gasteiger partial charge in [-0.3, -0.25) is 37.3 Å². The lowest BCUT2D eigenvalue weighted by Gasteiger charge is -2.21. The molecule has 0 aliphatic heterocycles. The van der Waals surface area contributed by atoms with Crippen LogP contribution in [0.2, 0.25) is 0 Å². The first-order valence-corrected chi connectivity index (χ1v) is 39.8. The van der Waals surface area contributed by atoms with Gasteiger partial charge < -0.3 is 33.8 Å². The van der Waals surface area contributed by atoms with Crippen molar-refractivity contribution in [2.75, 3.05) is 39.6 Å². The quantitative estimate of drug-likeness (QED) is 0.0222. The van der Waals surface area contributed by atoms with Gasteiger partial charge in [-0.05, 0) is 25.7 Å². The number of unbranched alkanes of at least 4 members (excludes halogenated alkanes) is 45. The minimum Gasteiger partial charge on any atom is -0.462 e. The molecular weight excluding hydrogens is 1170 g/mol. The highest BCUT2D eigenvalue weighted by atomic mass is 31.2. The van der Waals surface area contributed by atoms with Crippen molar-refractivity contribution in [1.82, 2.24) is 0 Å². The molecule has 17 nitrogen and oxygen atoms in total. The molecule has 3 N–H and O–H groups in total. The zero-order valence-electron chi connectivity index (χ0n) is 57.4. The molecule has 0 radical (unpaired) electrons. The van der Waals surface area contributed by atoms with E-state index in [2.05, 4.69) is 27.7 Å².